The van der Waals surface area contributed by atoms with E-state index < -0.39 is 0 Å². The lowest BCUT2D eigenvalue weighted by Crippen LogP contribution is -2.12. The SMILES string of the molecule is CCOc1ccc(Oc2ccc(NC(=O)c3ccc(NC(C)=O)cc3)cc2)cc1. The first-order valence-electron chi connectivity index (χ1n) is 9.23. The molecular formula is C23H22N2O4. The zero-order valence-electron chi connectivity index (χ0n) is 16.3. The van der Waals surface area contributed by atoms with E-state index in [4.69, 9.17) is 9.47 Å². The Morgan fingerprint density at radius 3 is 1.76 bits per heavy atom. The molecule has 0 aliphatic rings. The molecule has 0 atom stereocenters. The molecule has 3 aromatic carbocycles. The number of ether oxygens (including phenoxy) is 2. The van der Waals surface area contributed by atoms with Gasteiger partial charge in [-0.1, -0.05) is 0 Å². The van der Waals surface area contributed by atoms with E-state index in [2.05, 4.69) is 10.6 Å². The second-order valence-electron chi connectivity index (χ2n) is 6.24. The second kappa shape index (κ2) is 9.41. The standard InChI is InChI=1S/C23H22N2O4/c1-3-28-20-12-14-22(15-13-20)29-21-10-8-19(9-11-21)25-23(27)17-4-6-18(7-5-17)24-16(2)26/h4-15H,3H2,1-2H3,(H,24,26)(H,25,27). The molecule has 3 aromatic rings. The van der Waals surface area contributed by atoms with E-state index in [0.717, 1.165) is 5.75 Å². The van der Waals surface area contributed by atoms with E-state index in [1.54, 1.807) is 48.5 Å². The Morgan fingerprint density at radius 1 is 0.724 bits per heavy atom. The molecule has 6 nitrogen and oxygen atoms in total. The number of anilines is 2. The lowest BCUT2D eigenvalue weighted by Gasteiger charge is -2.09. The fourth-order valence-corrected chi connectivity index (χ4v) is 2.62. The lowest BCUT2D eigenvalue weighted by atomic mass is 10.2. The van der Waals surface area contributed by atoms with Gasteiger partial charge in [0.1, 0.15) is 17.2 Å². The molecule has 6 heteroatoms. The third-order valence-corrected chi connectivity index (χ3v) is 3.95. The van der Waals surface area contributed by atoms with Crippen molar-refractivity contribution < 1.29 is 19.1 Å². The van der Waals surface area contributed by atoms with Crippen LogP contribution in [0.15, 0.2) is 72.8 Å². The lowest BCUT2D eigenvalue weighted by molar-refractivity contribution is -0.114. The summed E-state index contributed by atoms with van der Waals surface area (Å²) >= 11 is 0. The normalized spacial score (nSPS) is 10.1. The summed E-state index contributed by atoms with van der Waals surface area (Å²) in [5.74, 6) is 1.76. The first kappa shape index (κ1) is 19.9. The largest absolute Gasteiger partial charge is 0.494 e. The quantitative estimate of drug-likeness (QED) is 0.589. The third-order valence-electron chi connectivity index (χ3n) is 3.95. The Hall–Kier alpha value is -3.80. The van der Waals surface area contributed by atoms with E-state index in [1.807, 2.05) is 31.2 Å². The molecule has 2 amide bonds. The van der Waals surface area contributed by atoms with Crippen LogP contribution in [-0.4, -0.2) is 18.4 Å². The maximum absolute atomic E-state index is 12.4. The molecule has 0 saturated heterocycles. The highest BCUT2D eigenvalue weighted by molar-refractivity contribution is 6.04. The van der Waals surface area contributed by atoms with Crippen molar-refractivity contribution in [1.29, 1.82) is 0 Å². The molecule has 0 heterocycles. The molecule has 0 saturated carbocycles. The van der Waals surface area contributed by atoms with Gasteiger partial charge in [-0.2, -0.15) is 0 Å². The molecule has 29 heavy (non-hydrogen) atoms. The fourth-order valence-electron chi connectivity index (χ4n) is 2.62. The summed E-state index contributed by atoms with van der Waals surface area (Å²) in [6, 6.07) is 21.2. The average molecular weight is 390 g/mol. The van der Waals surface area contributed by atoms with Crippen LogP contribution in [0.3, 0.4) is 0 Å². The van der Waals surface area contributed by atoms with Crippen LogP contribution < -0.4 is 20.1 Å². The van der Waals surface area contributed by atoms with Crippen molar-refractivity contribution in [3.05, 3.63) is 78.4 Å². The van der Waals surface area contributed by atoms with Gasteiger partial charge >= 0.3 is 0 Å². The van der Waals surface area contributed by atoms with Crippen LogP contribution in [0, 0.1) is 0 Å². The predicted octanol–water partition coefficient (Wildman–Crippen LogP) is 5.09. The Morgan fingerprint density at radius 2 is 1.21 bits per heavy atom. The van der Waals surface area contributed by atoms with Crippen LogP contribution in [0.4, 0.5) is 11.4 Å². The number of rotatable bonds is 7. The molecular weight excluding hydrogens is 368 g/mol. The molecule has 2 N–H and O–H groups in total. The average Bonchev–Trinajstić information content (AvgIpc) is 2.71. The number of carbonyl (C=O) groups excluding carboxylic acids is 2. The number of benzene rings is 3. The van der Waals surface area contributed by atoms with E-state index in [9.17, 15) is 9.59 Å². The highest BCUT2D eigenvalue weighted by atomic mass is 16.5. The van der Waals surface area contributed by atoms with Gasteiger partial charge in [0.05, 0.1) is 6.61 Å². The molecule has 0 fully saturated rings. The van der Waals surface area contributed by atoms with Gasteiger partial charge in [0.25, 0.3) is 5.91 Å². The highest BCUT2D eigenvalue weighted by Crippen LogP contribution is 2.25. The number of hydrogen-bond donors (Lipinski definition) is 2. The Labute approximate surface area is 169 Å². The van der Waals surface area contributed by atoms with Crippen molar-refractivity contribution in [3.8, 4) is 17.2 Å². The highest BCUT2D eigenvalue weighted by Gasteiger charge is 2.07. The molecule has 0 unspecified atom stereocenters. The number of carbonyl (C=O) groups is 2. The summed E-state index contributed by atoms with van der Waals surface area (Å²) in [7, 11) is 0. The van der Waals surface area contributed by atoms with Gasteiger partial charge in [-0.25, -0.2) is 0 Å². The van der Waals surface area contributed by atoms with E-state index in [0.29, 0.717) is 35.0 Å². The first-order valence-corrected chi connectivity index (χ1v) is 9.23. The number of nitrogens with one attached hydrogen (secondary N) is 2. The van der Waals surface area contributed by atoms with Gasteiger partial charge in [-0.15, -0.1) is 0 Å². The summed E-state index contributed by atoms with van der Waals surface area (Å²) in [5, 5.41) is 5.50. The van der Waals surface area contributed by atoms with Crippen molar-refractivity contribution in [3.63, 3.8) is 0 Å². The Kier molecular flexibility index (Phi) is 6.47. The number of amides is 2. The maximum Gasteiger partial charge on any atom is 0.255 e. The van der Waals surface area contributed by atoms with Gasteiger partial charge < -0.3 is 20.1 Å². The second-order valence-corrected chi connectivity index (χ2v) is 6.24. The van der Waals surface area contributed by atoms with E-state index >= 15 is 0 Å². The molecule has 0 aliphatic heterocycles. The predicted molar refractivity (Wildman–Crippen MR) is 113 cm³/mol. The molecule has 0 radical (unpaired) electrons. The third kappa shape index (κ3) is 5.84. The molecule has 0 aromatic heterocycles. The Balaban J connectivity index is 1.58. The van der Waals surface area contributed by atoms with Crippen molar-refractivity contribution in [1.82, 2.24) is 0 Å². The van der Waals surface area contributed by atoms with Crippen LogP contribution in [0.1, 0.15) is 24.2 Å². The maximum atomic E-state index is 12.4. The fraction of sp³-hybridized carbons (Fsp3) is 0.130. The van der Waals surface area contributed by atoms with Crippen LogP contribution in [0.5, 0.6) is 17.2 Å². The zero-order chi connectivity index (χ0) is 20.6. The molecule has 0 aliphatic carbocycles. The monoisotopic (exact) mass is 390 g/mol. The molecule has 3 rings (SSSR count). The minimum absolute atomic E-state index is 0.158. The van der Waals surface area contributed by atoms with Crippen LogP contribution >= 0.6 is 0 Å². The van der Waals surface area contributed by atoms with Crippen molar-refractivity contribution in [2.75, 3.05) is 17.2 Å². The summed E-state index contributed by atoms with van der Waals surface area (Å²) in [4.78, 5) is 23.4. The van der Waals surface area contributed by atoms with Crippen LogP contribution in [-0.2, 0) is 4.79 Å². The summed E-state index contributed by atoms with van der Waals surface area (Å²) in [6.45, 7) is 3.99. The van der Waals surface area contributed by atoms with Crippen LogP contribution in [0.2, 0.25) is 0 Å². The van der Waals surface area contributed by atoms with E-state index in [-0.39, 0.29) is 11.8 Å². The minimum Gasteiger partial charge on any atom is -0.494 e. The first-order chi connectivity index (χ1) is 14.0. The van der Waals surface area contributed by atoms with Gasteiger partial charge in [-0.05, 0) is 79.7 Å². The van der Waals surface area contributed by atoms with Gasteiger partial charge in [0, 0.05) is 23.9 Å². The summed E-state index contributed by atoms with van der Waals surface area (Å²) in [5.41, 5.74) is 1.79. The van der Waals surface area contributed by atoms with E-state index in [1.165, 1.54) is 6.92 Å². The van der Waals surface area contributed by atoms with Crippen LogP contribution in [0.25, 0.3) is 0 Å². The van der Waals surface area contributed by atoms with Gasteiger partial charge in [0.15, 0.2) is 0 Å². The minimum atomic E-state index is -0.237. The molecule has 0 bridgehead atoms. The van der Waals surface area contributed by atoms with Crippen molar-refractivity contribution in [2.24, 2.45) is 0 Å². The summed E-state index contributed by atoms with van der Waals surface area (Å²) in [6.07, 6.45) is 0. The smallest absolute Gasteiger partial charge is 0.255 e. The number of hydrogen-bond acceptors (Lipinski definition) is 4. The molecule has 0 spiro atoms. The Bertz CT molecular complexity index is 965. The zero-order valence-corrected chi connectivity index (χ0v) is 16.3. The van der Waals surface area contributed by atoms with Crippen molar-refractivity contribution in [2.45, 2.75) is 13.8 Å². The summed E-state index contributed by atoms with van der Waals surface area (Å²) < 4.78 is 11.2. The van der Waals surface area contributed by atoms with Crippen molar-refractivity contribution >= 4 is 23.2 Å². The topological polar surface area (TPSA) is 76.7 Å². The molecule has 148 valence electrons. The van der Waals surface area contributed by atoms with Gasteiger partial charge in [0.2, 0.25) is 5.91 Å². The van der Waals surface area contributed by atoms with Gasteiger partial charge in [-0.3, -0.25) is 9.59 Å².